The van der Waals surface area contributed by atoms with E-state index in [4.69, 9.17) is 0 Å². The number of fused-ring (bicyclic) bond motifs is 12. The van der Waals surface area contributed by atoms with Crippen LogP contribution in [0.1, 0.15) is 60.3 Å². The summed E-state index contributed by atoms with van der Waals surface area (Å²) in [5, 5.41) is 10.6. The van der Waals surface area contributed by atoms with Crippen molar-refractivity contribution < 1.29 is 92.2 Å². The maximum absolute atomic E-state index is 4.35. The van der Waals surface area contributed by atoms with Crippen molar-refractivity contribution in [2.75, 3.05) is 0 Å². The molecule has 0 fully saturated rings. The molecule has 8 aromatic heterocycles. The normalized spacial score (nSPS) is 16.4. The number of para-hydroxylation sites is 6. The van der Waals surface area contributed by atoms with Gasteiger partial charge in [0.05, 0.1) is 57.6 Å². The Balaban J connectivity index is 0.0000000991. The molecule has 0 saturated carbocycles. The minimum absolute atomic E-state index is 0. The number of hydrogen-bond donors (Lipinski definition) is 0. The third kappa shape index (κ3) is 6.86. The maximum Gasteiger partial charge on any atom is 2.00 e. The summed E-state index contributed by atoms with van der Waals surface area (Å²) in [6.45, 7) is 13.2. The van der Waals surface area contributed by atoms with Gasteiger partial charge in [0.15, 0.2) is 22.1 Å². The second-order valence-corrected chi connectivity index (χ2v) is 20.8. The average Bonchev–Trinajstić information content (AvgIpc) is 4.55. The zero-order chi connectivity index (χ0) is 50.2. The Morgan fingerprint density at radius 2 is 0.912 bits per heavy atom. The zero-order valence-electron chi connectivity index (χ0n) is 43.6. The first-order valence-electron chi connectivity index (χ1n) is 26.2. The van der Waals surface area contributed by atoms with Crippen molar-refractivity contribution in [2.45, 2.75) is 38.0 Å². The standard InChI is InChI=1S/2C17H12N2.2C17H11N2.4V/c4*1-11-13-6-4-5-12-9-10-18-14-7-2-3-8-15(14)19(11)17(18)16(12)13;;;;/h2-5,7-11H,1H3;2-7,9-11H,1H3;2-5,7-11H,1H2;2-7,9-11H,1H2;;;;/q;;2*-1;;;2*+2. The van der Waals surface area contributed by atoms with Crippen LogP contribution in [0.3, 0.4) is 0 Å². The molecule has 8 aromatic carbocycles. The molecule has 0 N–H and O–H groups in total. The van der Waals surface area contributed by atoms with Crippen LogP contribution >= 0.6 is 0 Å². The Labute approximate surface area is 508 Å². The molecule has 8 nitrogen and oxygen atoms in total. The van der Waals surface area contributed by atoms with Crippen LogP contribution in [0.2, 0.25) is 0 Å². The van der Waals surface area contributed by atoms with Crippen LogP contribution in [0.4, 0.5) is 0 Å². The van der Waals surface area contributed by atoms with E-state index in [0.717, 1.165) is 5.52 Å². The van der Waals surface area contributed by atoms with Gasteiger partial charge in [-0.15, -0.1) is 46.2 Å². The van der Waals surface area contributed by atoms with Crippen molar-refractivity contribution in [3.8, 4) is 0 Å². The molecule has 0 amide bonds. The minimum atomic E-state index is 0. The van der Waals surface area contributed by atoms with Crippen LogP contribution in [0.25, 0.3) is 110 Å². The predicted octanol–water partition coefficient (Wildman–Crippen LogP) is 12.6. The first-order chi connectivity index (χ1) is 37.4. The summed E-state index contributed by atoms with van der Waals surface area (Å²) in [4.78, 5) is 0. The summed E-state index contributed by atoms with van der Waals surface area (Å²) in [5.41, 5.74) is 20.2. The second kappa shape index (κ2) is 19.3. The van der Waals surface area contributed by atoms with E-state index in [1.54, 1.807) is 0 Å². The molecule has 80 heavy (non-hydrogen) atoms. The summed E-state index contributed by atoms with van der Waals surface area (Å²) < 4.78 is 18.6. The van der Waals surface area contributed by atoms with E-state index < -0.39 is 0 Å². The van der Waals surface area contributed by atoms with E-state index in [9.17, 15) is 0 Å². The van der Waals surface area contributed by atoms with Crippen LogP contribution < -0.4 is 17.9 Å². The fourth-order valence-electron chi connectivity index (χ4n) is 13.9. The Morgan fingerprint density at radius 1 is 0.425 bits per heavy atom. The van der Waals surface area contributed by atoms with E-state index in [1.807, 2.05) is 30.3 Å². The van der Waals surface area contributed by atoms with Crippen molar-refractivity contribution in [1.82, 2.24) is 17.9 Å². The Bertz CT molecular complexity index is 4590. The molecular weight excluding hydrogens is 1130 g/mol. The molecule has 20 rings (SSSR count). The fourth-order valence-corrected chi connectivity index (χ4v) is 13.9. The van der Waals surface area contributed by atoms with Crippen LogP contribution in [-0.2, 0) is 74.2 Å². The summed E-state index contributed by atoms with van der Waals surface area (Å²) in [7, 11) is 0. The maximum atomic E-state index is 4.35. The number of aromatic nitrogens is 8. The minimum Gasteiger partial charge on any atom is -0.297 e. The third-order valence-electron chi connectivity index (χ3n) is 17.1. The molecule has 0 spiro atoms. The van der Waals surface area contributed by atoms with Gasteiger partial charge in [-0.2, -0.15) is 60.7 Å². The van der Waals surface area contributed by atoms with Crippen molar-refractivity contribution in [2.24, 2.45) is 0 Å². The number of hydrogen-bond acceptors (Lipinski definition) is 0. The van der Waals surface area contributed by atoms with Crippen molar-refractivity contribution in [3.05, 3.63) is 255 Å². The van der Waals surface area contributed by atoms with Crippen molar-refractivity contribution in [1.29, 1.82) is 0 Å². The molecule has 4 aliphatic rings. The molecule has 0 bridgehead atoms. The number of pyridine rings is 4. The van der Waals surface area contributed by atoms with Gasteiger partial charge in [0.1, 0.15) is 12.1 Å². The Hall–Kier alpha value is -7.06. The van der Waals surface area contributed by atoms with Crippen molar-refractivity contribution in [3.63, 3.8) is 0 Å². The molecule has 0 aliphatic carbocycles. The smallest absolute Gasteiger partial charge is 0.297 e. The van der Waals surface area contributed by atoms with E-state index in [1.165, 1.54) is 127 Å². The fraction of sp³-hybridized carbons (Fsp3) is 0.0882. The quantitative estimate of drug-likeness (QED) is 0.107. The molecule has 376 valence electrons. The first-order valence-corrected chi connectivity index (χ1v) is 26.2. The van der Waals surface area contributed by atoms with Gasteiger partial charge in [0.25, 0.3) is 11.3 Å². The number of benzene rings is 8. The molecule has 16 aromatic rings. The molecule has 4 atom stereocenters. The first kappa shape index (κ1) is 52.3. The molecular formula is C68H46N8V4+2. The number of nitrogens with zero attached hydrogens (tertiary/aromatic N) is 8. The van der Waals surface area contributed by atoms with Gasteiger partial charge in [0.2, 0.25) is 11.3 Å². The SMILES string of the molecule is CC1c2[c-]ccc3ccn4c5ccccc5[n+]1c4c23.CC1c2cccc3cc[n+]4c5ccc[c-]c5n1c4c23.[CH2-]C1c2[c-]ccc3ccn4c5ccccc5[n+]1c4c23.[CH2-]C1c2cccc3cc[n+]4c5ccc[c-]c5n1c4c23.[V+2].[V+2].[V].[V]. The molecule has 12 heteroatoms. The van der Waals surface area contributed by atoms with Gasteiger partial charge in [0, 0.05) is 48.7 Å². The van der Waals surface area contributed by atoms with Gasteiger partial charge in [-0.25, -0.2) is 22.3 Å². The van der Waals surface area contributed by atoms with E-state index in [-0.39, 0.29) is 86.3 Å². The summed E-state index contributed by atoms with van der Waals surface area (Å²) >= 11 is 0. The van der Waals surface area contributed by atoms with Gasteiger partial charge in [-0.3, -0.25) is 27.4 Å². The largest absolute Gasteiger partial charge is 2.00 e. The van der Waals surface area contributed by atoms with E-state index in [0.29, 0.717) is 12.1 Å². The van der Waals surface area contributed by atoms with Gasteiger partial charge in [-0.05, 0) is 95.5 Å². The van der Waals surface area contributed by atoms with Crippen LogP contribution in [-0.4, -0.2) is 17.9 Å². The Kier molecular flexibility index (Phi) is 12.6. The van der Waals surface area contributed by atoms with Crippen LogP contribution in [0.15, 0.2) is 195 Å². The average molecular weight is 1180 g/mol. The van der Waals surface area contributed by atoms with Crippen molar-refractivity contribution >= 4 is 110 Å². The molecule has 0 saturated heterocycles. The summed E-state index contributed by atoms with van der Waals surface area (Å²) in [6.07, 6.45) is 8.65. The van der Waals surface area contributed by atoms with Crippen LogP contribution in [0.5, 0.6) is 0 Å². The van der Waals surface area contributed by atoms with E-state index in [2.05, 4.69) is 252 Å². The monoisotopic (exact) mass is 1180 g/mol. The van der Waals surface area contributed by atoms with Gasteiger partial charge >= 0.3 is 37.1 Å². The molecule has 4 unspecified atom stereocenters. The zero-order valence-corrected chi connectivity index (χ0v) is 49.2. The number of rotatable bonds is 0. The van der Waals surface area contributed by atoms with E-state index >= 15 is 0 Å². The second-order valence-electron chi connectivity index (χ2n) is 20.8. The molecule has 12 heterocycles. The predicted molar refractivity (Wildman–Crippen MR) is 300 cm³/mol. The van der Waals surface area contributed by atoms with Gasteiger partial charge in [-0.1, -0.05) is 60.7 Å². The molecule has 4 radical (unpaired) electrons. The third-order valence-corrected chi connectivity index (χ3v) is 17.1. The van der Waals surface area contributed by atoms with Gasteiger partial charge < -0.3 is 0 Å². The summed E-state index contributed by atoms with van der Waals surface area (Å²) in [5.74, 6) is 0. The summed E-state index contributed by atoms with van der Waals surface area (Å²) in [6, 6.07) is 74.2. The molecule has 4 aliphatic heterocycles. The van der Waals surface area contributed by atoms with Crippen LogP contribution in [0, 0.1) is 38.1 Å². The Morgan fingerprint density at radius 3 is 1.54 bits per heavy atom. The topological polar surface area (TPSA) is 34.6 Å². The number of imidazole rings is 4.